The molecule has 2 N–H and O–H groups in total. The van der Waals surface area contributed by atoms with E-state index in [1.807, 2.05) is 0 Å². The molecule has 5 nitrogen and oxygen atoms in total. The minimum atomic E-state index is -0.802. The molecule has 1 saturated carbocycles. The number of nitrogens with zero attached hydrogens (tertiary/aromatic N) is 1. The summed E-state index contributed by atoms with van der Waals surface area (Å²) in [5, 5.41) is 11.9. The molecule has 3 unspecified atom stereocenters. The van der Waals surface area contributed by atoms with Crippen molar-refractivity contribution in [1.29, 1.82) is 0 Å². The number of rotatable bonds is 3. The van der Waals surface area contributed by atoms with E-state index in [4.69, 9.17) is 5.11 Å². The summed E-state index contributed by atoms with van der Waals surface area (Å²) in [5.41, 5.74) is 0.210. The summed E-state index contributed by atoms with van der Waals surface area (Å²) in [7, 11) is 0. The zero-order valence-corrected chi connectivity index (χ0v) is 11.3. The molecule has 0 spiro atoms. The van der Waals surface area contributed by atoms with Gasteiger partial charge in [-0.15, -0.1) is 0 Å². The van der Waals surface area contributed by atoms with Crippen LogP contribution in [-0.2, 0) is 4.79 Å². The summed E-state index contributed by atoms with van der Waals surface area (Å²) >= 11 is 0. The van der Waals surface area contributed by atoms with Gasteiger partial charge in [-0.05, 0) is 24.2 Å². The molecule has 0 radical (unpaired) electrons. The Bertz CT molecular complexity index is 369. The molecule has 2 amide bonds. The number of urea groups is 1. The highest BCUT2D eigenvalue weighted by molar-refractivity contribution is 5.78. The first kappa shape index (κ1) is 13.2. The summed E-state index contributed by atoms with van der Waals surface area (Å²) in [5.74, 6) is -0.650. The third-order valence-corrected chi connectivity index (χ3v) is 4.72. The fourth-order valence-electron chi connectivity index (χ4n) is 2.62. The van der Waals surface area contributed by atoms with Crippen LogP contribution >= 0.6 is 0 Å². The van der Waals surface area contributed by atoms with Gasteiger partial charge in [0.2, 0.25) is 0 Å². The second-order valence-corrected chi connectivity index (χ2v) is 6.14. The third kappa shape index (κ3) is 2.31. The molecule has 1 saturated heterocycles. The highest BCUT2D eigenvalue weighted by Crippen LogP contribution is 2.51. The van der Waals surface area contributed by atoms with Gasteiger partial charge < -0.3 is 15.3 Å². The summed E-state index contributed by atoms with van der Waals surface area (Å²) in [6.45, 7) is 7.41. The molecule has 102 valence electrons. The van der Waals surface area contributed by atoms with Crippen LogP contribution < -0.4 is 5.32 Å². The summed E-state index contributed by atoms with van der Waals surface area (Å²) < 4.78 is 0. The molecular weight excluding hydrogens is 232 g/mol. The lowest BCUT2D eigenvalue weighted by Gasteiger charge is -2.20. The monoisotopic (exact) mass is 254 g/mol. The van der Waals surface area contributed by atoms with Crippen molar-refractivity contribution in [2.45, 2.75) is 39.7 Å². The van der Waals surface area contributed by atoms with Crippen molar-refractivity contribution in [3.05, 3.63) is 0 Å². The average Bonchev–Trinajstić information content (AvgIpc) is 2.79. The lowest BCUT2D eigenvalue weighted by Crippen LogP contribution is -2.41. The first-order valence-electron chi connectivity index (χ1n) is 6.63. The van der Waals surface area contributed by atoms with Gasteiger partial charge in [0.25, 0.3) is 0 Å². The Kier molecular flexibility index (Phi) is 3.25. The first-order valence-corrected chi connectivity index (χ1v) is 6.63. The van der Waals surface area contributed by atoms with Crippen LogP contribution in [0.25, 0.3) is 0 Å². The Hall–Kier alpha value is -1.26. The van der Waals surface area contributed by atoms with Gasteiger partial charge in [0.1, 0.15) is 0 Å². The number of carbonyl (C=O) groups excluding carboxylic acids is 1. The summed E-state index contributed by atoms with van der Waals surface area (Å²) in [6, 6.07) is 0.141. The van der Waals surface area contributed by atoms with E-state index in [9.17, 15) is 9.59 Å². The second-order valence-electron chi connectivity index (χ2n) is 6.14. The lowest BCUT2D eigenvalue weighted by atomic mass is 9.94. The van der Waals surface area contributed by atoms with Crippen molar-refractivity contribution in [1.82, 2.24) is 10.2 Å². The van der Waals surface area contributed by atoms with Crippen molar-refractivity contribution in [2.24, 2.45) is 17.3 Å². The zero-order chi connectivity index (χ0) is 13.5. The minimum absolute atomic E-state index is 0.104. The molecule has 1 heterocycles. The van der Waals surface area contributed by atoms with E-state index in [-0.39, 0.29) is 17.5 Å². The molecule has 5 heteroatoms. The van der Waals surface area contributed by atoms with Crippen molar-refractivity contribution >= 4 is 12.0 Å². The average molecular weight is 254 g/mol. The van der Waals surface area contributed by atoms with Crippen LogP contribution in [0.1, 0.15) is 33.6 Å². The van der Waals surface area contributed by atoms with Crippen LogP contribution in [-0.4, -0.2) is 41.1 Å². The van der Waals surface area contributed by atoms with E-state index < -0.39 is 11.9 Å². The summed E-state index contributed by atoms with van der Waals surface area (Å²) in [4.78, 5) is 24.5. The number of nitrogens with one attached hydrogen (secondary N) is 1. The minimum Gasteiger partial charge on any atom is -0.481 e. The van der Waals surface area contributed by atoms with Gasteiger partial charge in [0.15, 0.2) is 0 Å². The predicted molar refractivity (Wildman–Crippen MR) is 67.2 cm³/mol. The molecule has 2 fully saturated rings. The highest BCUT2D eigenvalue weighted by atomic mass is 16.4. The molecule has 3 atom stereocenters. The highest BCUT2D eigenvalue weighted by Gasteiger charge is 2.53. The molecule has 1 aliphatic carbocycles. The SMILES string of the molecule is CC(C)C1(C)CC1NC(=O)N1CCC(C(=O)O)C1. The van der Waals surface area contributed by atoms with Crippen LogP contribution in [0.3, 0.4) is 0 Å². The molecule has 0 aromatic carbocycles. The third-order valence-electron chi connectivity index (χ3n) is 4.72. The van der Waals surface area contributed by atoms with E-state index in [1.54, 1.807) is 4.90 Å². The maximum absolute atomic E-state index is 12.0. The van der Waals surface area contributed by atoms with Crippen LogP contribution in [0.5, 0.6) is 0 Å². The Balaban J connectivity index is 1.83. The molecule has 18 heavy (non-hydrogen) atoms. The lowest BCUT2D eigenvalue weighted by molar-refractivity contribution is -0.141. The van der Waals surface area contributed by atoms with Crippen LogP contribution in [0, 0.1) is 17.3 Å². The van der Waals surface area contributed by atoms with Crippen molar-refractivity contribution in [3.63, 3.8) is 0 Å². The number of carboxylic acid groups (broad SMARTS) is 1. The van der Waals surface area contributed by atoms with E-state index in [2.05, 4.69) is 26.1 Å². The molecular formula is C13H22N2O3. The van der Waals surface area contributed by atoms with Gasteiger partial charge in [-0.2, -0.15) is 0 Å². The Labute approximate surface area is 108 Å². The maximum Gasteiger partial charge on any atom is 0.317 e. The van der Waals surface area contributed by atoms with Crippen LogP contribution in [0.2, 0.25) is 0 Å². The van der Waals surface area contributed by atoms with Gasteiger partial charge in [-0.3, -0.25) is 4.79 Å². The van der Waals surface area contributed by atoms with Gasteiger partial charge in [-0.25, -0.2) is 4.79 Å². The van der Waals surface area contributed by atoms with Crippen molar-refractivity contribution in [2.75, 3.05) is 13.1 Å². The molecule has 0 bridgehead atoms. The number of hydrogen-bond acceptors (Lipinski definition) is 2. The fourth-order valence-corrected chi connectivity index (χ4v) is 2.62. The Morgan fingerprint density at radius 3 is 2.56 bits per heavy atom. The largest absolute Gasteiger partial charge is 0.481 e. The predicted octanol–water partition coefficient (Wildman–Crippen LogP) is 1.54. The molecule has 0 aromatic heterocycles. The topological polar surface area (TPSA) is 69.6 Å². The quantitative estimate of drug-likeness (QED) is 0.802. The van der Waals surface area contributed by atoms with Crippen molar-refractivity contribution in [3.8, 4) is 0 Å². The van der Waals surface area contributed by atoms with E-state index in [1.165, 1.54) is 0 Å². The molecule has 0 aromatic rings. The number of carbonyl (C=O) groups is 2. The number of carboxylic acids is 1. The zero-order valence-electron chi connectivity index (χ0n) is 11.3. The molecule has 2 rings (SSSR count). The standard InChI is InChI=1S/C13H22N2O3/c1-8(2)13(3)6-10(13)14-12(18)15-5-4-9(7-15)11(16)17/h8-10H,4-7H2,1-3H3,(H,14,18)(H,16,17). The number of amides is 2. The number of hydrogen-bond donors (Lipinski definition) is 2. The first-order chi connectivity index (χ1) is 8.34. The Morgan fingerprint density at radius 1 is 1.44 bits per heavy atom. The van der Waals surface area contributed by atoms with E-state index >= 15 is 0 Å². The Morgan fingerprint density at radius 2 is 2.11 bits per heavy atom. The second kappa shape index (κ2) is 4.44. The smallest absolute Gasteiger partial charge is 0.317 e. The molecule has 1 aliphatic heterocycles. The van der Waals surface area contributed by atoms with E-state index in [0.29, 0.717) is 25.4 Å². The van der Waals surface area contributed by atoms with Gasteiger partial charge in [0.05, 0.1) is 5.92 Å². The van der Waals surface area contributed by atoms with Crippen LogP contribution in [0.15, 0.2) is 0 Å². The van der Waals surface area contributed by atoms with Crippen molar-refractivity contribution < 1.29 is 14.7 Å². The van der Waals surface area contributed by atoms with Gasteiger partial charge >= 0.3 is 12.0 Å². The normalized spacial score (nSPS) is 34.8. The molecule has 2 aliphatic rings. The van der Waals surface area contributed by atoms with E-state index in [0.717, 1.165) is 6.42 Å². The van der Waals surface area contributed by atoms with Gasteiger partial charge in [0, 0.05) is 19.1 Å². The van der Waals surface area contributed by atoms with Gasteiger partial charge in [-0.1, -0.05) is 20.8 Å². The fraction of sp³-hybridized carbons (Fsp3) is 0.846. The number of likely N-dealkylation sites (tertiary alicyclic amines) is 1. The number of aliphatic carboxylic acids is 1. The maximum atomic E-state index is 12.0. The summed E-state index contributed by atoms with van der Waals surface area (Å²) in [6.07, 6.45) is 1.58. The van der Waals surface area contributed by atoms with Crippen LogP contribution in [0.4, 0.5) is 4.79 Å².